The zero-order valence-corrected chi connectivity index (χ0v) is 16.9. The van der Waals surface area contributed by atoms with E-state index in [9.17, 15) is 17.6 Å². The van der Waals surface area contributed by atoms with Gasteiger partial charge >= 0.3 is 0 Å². The van der Waals surface area contributed by atoms with Crippen LogP contribution < -0.4 is 9.62 Å². The number of sulfonamides is 1. The van der Waals surface area contributed by atoms with Crippen LogP contribution in [0.25, 0.3) is 0 Å². The van der Waals surface area contributed by atoms with E-state index >= 15 is 0 Å². The lowest BCUT2D eigenvalue weighted by Crippen LogP contribution is -2.40. The maximum absolute atomic E-state index is 12.9. The van der Waals surface area contributed by atoms with Crippen LogP contribution in [-0.2, 0) is 21.2 Å². The zero-order chi connectivity index (χ0) is 20.0. The maximum atomic E-state index is 12.9. The average molecular weight is 433 g/mol. The summed E-state index contributed by atoms with van der Waals surface area (Å²) in [7, 11) is -3.74. The lowest BCUT2D eigenvalue weighted by Gasteiger charge is -2.23. The van der Waals surface area contributed by atoms with E-state index in [1.165, 1.54) is 24.3 Å². The van der Waals surface area contributed by atoms with Crippen molar-refractivity contribution in [2.24, 2.45) is 0 Å². The third-order valence-electron chi connectivity index (χ3n) is 3.77. The van der Waals surface area contributed by atoms with Crippen LogP contribution in [0.5, 0.6) is 0 Å². The van der Waals surface area contributed by atoms with Crippen LogP contribution in [0.4, 0.5) is 10.1 Å². The molecule has 0 bridgehead atoms. The summed E-state index contributed by atoms with van der Waals surface area (Å²) in [6, 6.07) is 10.7. The van der Waals surface area contributed by atoms with Gasteiger partial charge in [0.1, 0.15) is 12.4 Å². The second-order valence-corrected chi connectivity index (χ2v) is 8.61. The molecule has 0 spiro atoms. The number of nitrogens with one attached hydrogen (secondary N) is 1. The van der Waals surface area contributed by atoms with E-state index in [1.54, 1.807) is 18.2 Å². The Bertz CT molecular complexity index is 905. The first-order chi connectivity index (χ1) is 12.7. The normalized spacial score (nSPS) is 11.3. The molecule has 9 heteroatoms. The molecule has 2 aromatic carbocycles. The molecule has 5 nitrogen and oxygen atoms in total. The van der Waals surface area contributed by atoms with Crippen LogP contribution in [0.2, 0.25) is 10.0 Å². The summed E-state index contributed by atoms with van der Waals surface area (Å²) in [5, 5.41) is 2.94. The second-order valence-electron chi connectivity index (χ2n) is 5.92. The van der Waals surface area contributed by atoms with Gasteiger partial charge in [0.2, 0.25) is 15.9 Å². The monoisotopic (exact) mass is 432 g/mol. The number of aryl methyl sites for hydroxylation is 1. The summed E-state index contributed by atoms with van der Waals surface area (Å²) in [4.78, 5) is 12.2. The number of amides is 1. The molecule has 2 rings (SSSR count). The Hall–Kier alpha value is -1.83. The van der Waals surface area contributed by atoms with Crippen molar-refractivity contribution in [1.29, 1.82) is 0 Å². The van der Waals surface area contributed by atoms with Crippen molar-refractivity contribution in [3.8, 4) is 0 Å². The fourth-order valence-electron chi connectivity index (χ4n) is 2.42. The summed E-state index contributed by atoms with van der Waals surface area (Å²) in [5.41, 5.74) is 1.10. The van der Waals surface area contributed by atoms with Gasteiger partial charge in [0.25, 0.3) is 0 Å². The SMILES string of the molecule is CS(=O)(=O)N(CC(=O)NCCCc1ccc(F)cc1)c1cccc(Cl)c1Cl. The zero-order valence-electron chi connectivity index (χ0n) is 14.6. The topological polar surface area (TPSA) is 66.5 Å². The lowest BCUT2D eigenvalue weighted by molar-refractivity contribution is -0.119. The van der Waals surface area contributed by atoms with Crippen molar-refractivity contribution in [2.75, 3.05) is 23.7 Å². The van der Waals surface area contributed by atoms with Crippen molar-refractivity contribution >= 4 is 44.8 Å². The quantitative estimate of drug-likeness (QED) is 0.647. The van der Waals surface area contributed by atoms with Gasteiger partial charge in [-0.25, -0.2) is 12.8 Å². The molecule has 0 aliphatic rings. The van der Waals surface area contributed by atoms with Gasteiger partial charge in [-0.2, -0.15) is 0 Å². The number of hydrogen-bond acceptors (Lipinski definition) is 3. The first-order valence-electron chi connectivity index (χ1n) is 8.11. The van der Waals surface area contributed by atoms with Gasteiger partial charge < -0.3 is 5.32 Å². The molecule has 1 N–H and O–H groups in total. The van der Waals surface area contributed by atoms with E-state index in [0.717, 1.165) is 16.1 Å². The smallest absolute Gasteiger partial charge is 0.240 e. The van der Waals surface area contributed by atoms with Crippen molar-refractivity contribution < 1.29 is 17.6 Å². The van der Waals surface area contributed by atoms with Gasteiger partial charge in [-0.1, -0.05) is 41.4 Å². The highest BCUT2D eigenvalue weighted by atomic mass is 35.5. The Labute approximate surface area is 168 Å². The van der Waals surface area contributed by atoms with Gasteiger partial charge in [0.05, 0.1) is 22.0 Å². The minimum Gasteiger partial charge on any atom is -0.355 e. The molecule has 0 unspecified atom stereocenters. The molecule has 2 aromatic rings. The number of nitrogens with zero attached hydrogens (tertiary/aromatic N) is 1. The number of rotatable bonds is 8. The largest absolute Gasteiger partial charge is 0.355 e. The van der Waals surface area contributed by atoms with Crippen LogP contribution in [0.15, 0.2) is 42.5 Å². The van der Waals surface area contributed by atoms with Gasteiger partial charge in [-0.15, -0.1) is 0 Å². The maximum Gasteiger partial charge on any atom is 0.240 e. The van der Waals surface area contributed by atoms with E-state index in [2.05, 4.69) is 5.32 Å². The van der Waals surface area contributed by atoms with Crippen LogP contribution in [0.3, 0.4) is 0 Å². The number of benzene rings is 2. The molecule has 0 fully saturated rings. The Morgan fingerprint density at radius 3 is 2.44 bits per heavy atom. The third kappa shape index (κ3) is 6.37. The highest BCUT2D eigenvalue weighted by Gasteiger charge is 2.23. The molecule has 27 heavy (non-hydrogen) atoms. The molecule has 0 saturated carbocycles. The highest BCUT2D eigenvalue weighted by molar-refractivity contribution is 7.92. The fraction of sp³-hybridized carbons (Fsp3) is 0.278. The predicted molar refractivity (Wildman–Crippen MR) is 106 cm³/mol. The van der Waals surface area contributed by atoms with E-state index in [-0.39, 0.29) is 21.5 Å². The summed E-state index contributed by atoms with van der Waals surface area (Å²) < 4.78 is 38.0. The number of hydrogen-bond donors (Lipinski definition) is 1. The minimum atomic E-state index is -3.74. The molecule has 0 radical (unpaired) electrons. The van der Waals surface area contributed by atoms with Gasteiger partial charge in [-0.05, 0) is 42.7 Å². The molecule has 146 valence electrons. The van der Waals surface area contributed by atoms with Crippen molar-refractivity contribution in [2.45, 2.75) is 12.8 Å². The first-order valence-corrected chi connectivity index (χ1v) is 10.7. The summed E-state index contributed by atoms with van der Waals surface area (Å²) in [6.45, 7) is -0.0491. The van der Waals surface area contributed by atoms with Gasteiger partial charge in [0.15, 0.2) is 0 Å². The van der Waals surface area contributed by atoms with Crippen molar-refractivity contribution in [3.05, 3.63) is 63.9 Å². The minimum absolute atomic E-state index is 0.0636. The molecule has 0 heterocycles. The van der Waals surface area contributed by atoms with Crippen molar-refractivity contribution in [1.82, 2.24) is 5.32 Å². The molecule has 0 saturated heterocycles. The molecule has 1 amide bonds. The van der Waals surface area contributed by atoms with Gasteiger partial charge in [0, 0.05) is 6.54 Å². The van der Waals surface area contributed by atoms with E-state index in [4.69, 9.17) is 23.2 Å². The number of anilines is 1. The number of carbonyl (C=O) groups excluding carboxylic acids is 1. The molecule has 0 atom stereocenters. The van der Waals surface area contributed by atoms with Crippen LogP contribution >= 0.6 is 23.2 Å². The summed E-state index contributed by atoms with van der Waals surface area (Å²) in [5.74, 6) is -0.761. The fourth-order valence-corrected chi connectivity index (χ4v) is 3.73. The highest BCUT2D eigenvalue weighted by Crippen LogP contribution is 2.33. The number of carbonyl (C=O) groups is 1. The molecule has 0 aromatic heterocycles. The van der Waals surface area contributed by atoms with Crippen LogP contribution in [0, 0.1) is 5.82 Å². The standard InChI is InChI=1S/C18H19Cl2FN2O3S/c1-27(25,26)23(16-6-2-5-15(19)18(16)20)12-17(24)22-11-3-4-13-7-9-14(21)10-8-13/h2,5-10H,3-4,11-12H2,1H3,(H,22,24). The van der Waals surface area contributed by atoms with E-state index < -0.39 is 22.5 Å². The van der Waals surface area contributed by atoms with E-state index in [1.807, 2.05) is 0 Å². The lowest BCUT2D eigenvalue weighted by atomic mass is 10.1. The summed E-state index contributed by atoms with van der Waals surface area (Å²) >= 11 is 12.0. The Morgan fingerprint density at radius 1 is 1.15 bits per heavy atom. The van der Waals surface area contributed by atoms with Crippen molar-refractivity contribution in [3.63, 3.8) is 0 Å². The molecular weight excluding hydrogens is 414 g/mol. The van der Waals surface area contributed by atoms with Crippen LogP contribution in [-0.4, -0.2) is 33.7 Å². The Morgan fingerprint density at radius 2 is 1.81 bits per heavy atom. The third-order valence-corrected chi connectivity index (χ3v) is 5.70. The Balaban J connectivity index is 1.94. The average Bonchev–Trinajstić information content (AvgIpc) is 2.60. The number of halogens is 3. The first kappa shape index (κ1) is 21.5. The molecular formula is C18H19Cl2FN2O3S. The predicted octanol–water partition coefficient (Wildman–Crippen LogP) is 3.65. The Kier molecular flexibility index (Phi) is 7.47. The van der Waals surface area contributed by atoms with E-state index in [0.29, 0.717) is 19.4 Å². The molecule has 0 aliphatic carbocycles. The van der Waals surface area contributed by atoms with Crippen LogP contribution in [0.1, 0.15) is 12.0 Å². The summed E-state index contributed by atoms with van der Waals surface area (Å²) in [6.07, 6.45) is 2.29. The second kappa shape index (κ2) is 9.39. The van der Waals surface area contributed by atoms with Gasteiger partial charge in [-0.3, -0.25) is 9.10 Å². The molecule has 0 aliphatic heterocycles.